The van der Waals surface area contributed by atoms with Crippen LogP contribution in [0.2, 0.25) is 0 Å². The number of pyridine rings is 2. The number of aryl methyl sites for hydroxylation is 1. The van der Waals surface area contributed by atoms with Gasteiger partial charge < -0.3 is 8.97 Å². The van der Waals surface area contributed by atoms with Gasteiger partial charge in [-0.1, -0.05) is 0 Å². The van der Waals surface area contributed by atoms with Gasteiger partial charge in [-0.2, -0.15) is 0 Å². The van der Waals surface area contributed by atoms with Gasteiger partial charge in [-0.25, -0.2) is 19.3 Å². The first-order valence-electron chi connectivity index (χ1n) is 9.52. The molecule has 0 N–H and O–H groups in total. The highest BCUT2D eigenvalue weighted by atomic mass is 19.1. The minimum atomic E-state index is -0.441. The van der Waals surface area contributed by atoms with E-state index in [0.29, 0.717) is 22.3 Å². The van der Waals surface area contributed by atoms with Gasteiger partial charge in [0.05, 0.1) is 16.6 Å². The molecule has 8 heteroatoms. The van der Waals surface area contributed by atoms with Crippen LogP contribution in [0.3, 0.4) is 0 Å². The molecule has 0 fully saturated rings. The van der Waals surface area contributed by atoms with Crippen LogP contribution in [-0.2, 0) is 0 Å². The van der Waals surface area contributed by atoms with Gasteiger partial charge in [0.1, 0.15) is 0 Å². The fourth-order valence-corrected chi connectivity index (χ4v) is 3.92. The van der Waals surface area contributed by atoms with E-state index >= 15 is 0 Å². The molecular weight excluding hydrogens is 371 g/mol. The van der Waals surface area contributed by atoms with Crippen LogP contribution < -0.4 is 5.56 Å². The van der Waals surface area contributed by atoms with Crippen molar-refractivity contribution in [3.8, 4) is 11.4 Å². The molecule has 0 saturated carbocycles. The lowest BCUT2D eigenvalue weighted by Gasteiger charge is -2.23. The fourth-order valence-electron chi connectivity index (χ4n) is 3.92. The van der Waals surface area contributed by atoms with E-state index in [2.05, 4.69) is 19.9 Å². The number of nitrogens with zero attached hydrogens (tertiary/aromatic N) is 6. The van der Waals surface area contributed by atoms with Crippen LogP contribution in [0.25, 0.3) is 27.9 Å². The predicted octanol–water partition coefficient (Wildman–Crippen LogP) is 3.35. The lowest BCUT2D eigenvalue weighted by molar-refractivity contribution is 0.461. The van der Waals surface area contributed by atoms with Crippen molar-refractivity contribution >= 4 is 22.3 Å². The van der Waals surface area contributed by atoms with E-state index in [1.807, 2.05) is 19.9 Å². The SMILES string of the molecule is CC1=NCC[C@H](n2ccc3nc(-c4cc(F)c5nc(C)cn5c4)ncc3c2=O)C1. The first-order valence-corrected chi connectivity index (χ1v) is 9.52. The van der Waals surface area contributed by atoms with Gasteiger partial charge in [-0.05, 0) is 32.4 Å². The minimum absolute atomic E-state index is 0.102. The summed E-state index contributed by atoms with van der Waals surface area (Å²) >= 11 is 0. The van der Waals surface area contributed by atoms with Gasteiger partial charge in [0.2, 0.25) is 0 Å². The third-order valence-corrected chi connectivity index (χ3v) is 5.33. The van der Waals surface area contributed by atoms with Gasteiger partial charge in [-0.15, -0.1) is 0 Å². The van der Waals surface area contributed by atoms with Crippen LogP contribution in [0, 0.1) is 12.7 Å². The number of rotatable bonds is 2. The van der Waals surface area contributed by atoms with Crippen molar-refractivity contribution in [3.63, 3.8) is 0 Å². The highest BCUT2D eigenvalue weighted by Gasteiger charge is 2.19. The largest absolute Gasteiger partial charge is 0.311 e. The Morgan fingerprint density at radius 2 is 2.07 bits per heavy atom. The lowest BCUT2D eigenvalue weighted by atomic mass is 10.0. The zero-order valence-corrected chi connectivity index (χ0v) is 16.1. The Labute approximate surface area is 165 Å². The maximum absolute atomic E-state index is 14.4. The minimum Gasteiger partial charge on any atom is -0.311 e. The Bertz CT molecular complexity index is 1350. The summed E-state index contributed by atoms with van der Waals surface area (Å²) in [6, 6.07) is 3.29. The smallest absolute Gasteiger partial charge is 0.261 e. The summed E-state index contributed by atoms with van der Waals surface area (Å²) in [4.78, 5) is 30.4. The first kappa shape index (κ1) is 17.7. The molecule has 146 valence electrons. The molecule has 1 aliphatic heterocycles. The molecule has 4 aromatic heterocycles. The second-order valence-corrected chi connectivity index (χ2v) is 7.47. The number of fused-ring (bicyclic) bond motifs is 2. The Balaban J connectivity index is 1.59. The molecule has 0 aliphatic carbocycles. The number of hydrogen-bond donors (Lipinski definition) is 0. The number of aromatic nitrogens is 5. The average molecular weight is 390 g/mol. The number of halogens is 1. The average Bonchev–Trinajstić information content (AvgIpc) is 3.09. The maximum Gasteiger partial charge on any atom is 0.261 e. The topological polar surface area (TPSA) is 77.4 Å². The van der Waals surface area contributed by atoms with Crippen LogP contribution in [0.15, 0.2) is 46.7 Å². The summed E-state index contributed by atoms with van der Waals surface area (Å²) in [5, 5.41) is 0.455. The van der Waals surface area contributed by atoms with Crippen LogP contribution in [0.5, 0.6) is 0 Å². The standard InChI is InChI=1S/C21H19FN6O/c1-12-7-15(3-5-23-12)28-6-4-18-16(21(28)29)9-24-19(26-18)14-8-17(22)20-25-13(2)10-27(20)11-14/h4,6,8-11,15H,3,5,7H2,1-2H3/t15-/m0/s1. The second kappa shape index (κ2) is 6.58. The maximum atomic E-state index is 14.4. The van der Waals surface area contributed by atoms with Crippen LogP contribution in [-0.4, -0.2) is 36.2 Å². The van der Waals surface area contributed by atoms with Crippen molar-refractivity contribution in [1.29, 1.82) is 0 Å². The van der Waals surface area contributed by atoms with Crippen LogP contribution >= 0.6 is 0 Å². The Morgan fingerprint density at radius 1 is 1.21 bits per heavy atom. The quantitative estimate of drug-likeness (QED) is 0.526. The van der Waals surface area contributed by atoms with Crippen molar-refractivity contribution in [3.05, 3.63) is 58.8 Å². The zero-order valence-electron chi connectivity index (χ0n) is 16.1. The molecule has 7 nitrogen and oxygen atoms in total. The van der Waals surface area contributed by atoms with E-state index in [-0.39, 0.29) is 17.2 Å². The molecule has 0 aromatic carbocycles. The van der Waals surface area contributed by atoms with Crippen molar-refractivity contribution in [1.82, 2.24) is 23.9 Å². The number of hydrogen-bond acceptors (Lipinski definition) is 5. The van der Waals surface area contributed by atoms with Crippen LogP contribution in [0.1, 0.15) is 31.5 Å². The molecule has 0 unspecified atom stereocenters. The Hall–Kier alpha value is -3.42. The monoisotopic (exact) mass is 390 g/mol. The number of imidazole rings is 1. The van der Waals surface area contributed by atoms with Crippen molar-refractivity contribution in [2.75, 3.05) is 6.54 Å². The normalized spacial score (nSPS) is 17.1. The Morgan fingerprint density at radius 3 is 2.90 bits per heavy atom. The summed E-state index contributed by atoms with van der Waals surface area (Å²) in [5.74, 6) is -0.0773. The van der Waals surface area contributed by atoms with E-state index < -0.39 is 5.82 Å². The molecule has 0 amide bonds. The molecule has 4 aromatic rings. The molecule has 0 bridgehead atoms. The fraction of sp³-hybridized carbons (Fsp3) is 0.286. The van der Waals surface area contributed by atoms with Gasteiger partial charge in [0.25, 0.3) is 5.56 Å². The second-order valence-electron chi connectivity index (χ2n) is 7.47. The molecule has 0 radical (unpaired) electrons. The van der Waals surface area contributed by atoms with Gasteiger partial charge in [-0.3, -0.25) is 9.79 Å². The molecule has 0 saturated heterocycles. The summed E-state index contributed by atoms with van der Waals surface area (Å²) < 4.78 is 17.8. The third kappa shape index (κ3) is 3.00. The molecule has 1 aliphatic rings. The Kier molecular flexibility index (Phi) is 4.01. The summed E-state index contributed by atoms with van der Waals surface area (Å²) in [6.45, 7) is 4.53. The molecular formula is C21H19FN6O. The molecule has 29 heavy (non-hydrogen) atoms. The summed E-state index contributed by atoms with van der Waals surface area (Å²) in [5.41, 5.74) is 3.01. The van der Waals surface area contributed by atoms with Crippen LogP contribution in [0.4, 0.5) is 4.39 Å². The van der Waals surface area contributed by atoms with Gasteiger partial charge in [0.15, 0.2) is 17.3 Å². The van der Waals surface area contributed by atoms with E-state index in [1.165, 1.54) is 12.3 Å². The molecule has 5 rings (SSSR count). The van der Waals surface area contributed by atoms with Gasteiger partial charge >= 0.3 is 0 Å². The third-order valence-electron chi connectivity index (χ3n) is 5.33. The van der Waals surface area contributed by atoms with E-state index in [4.69, 9.17) is 0 Å². The first-order chi connectivity index (χ1) is 14.0. The summed E-state index contributed by atoms with van der Waals surface area (Å²) in [7, 11) is 0. The zero-order chi connectivity index (χ0) is 20.1. The lowest BCUT2D eigenvalue weighted by Crippen LogP contribution is -2.28. The summed E-state index contributed by atoms with van der Waals surface area (Å²) in [6.07, 6.45) is 8.41. The van der Waals surface area contributed by atoms with E-state index in [0.717, 1.165) is 30.8 Å². The van der Waals surface area contributed by atoms with Crippen molar-refractivity contribution in [2.24, 2.45) is 4.99 Å². The van der Waals surface area contributed by atoms with E-state index in [1.54, 1.807) is 27.6 Å². The molecule has 0 spiro atoms. The molecule has 5 heterocycles. The number of aliphatic imine (C=N–C) groups is 1. The van der Waals surface area contributed by atoms with Gasteiger partial charge in [0, 0.05) is 55.1 Å². The van der Waals surface area contributed by atoms with Crippen molar-refractivity contribution in [2.45, 2.75) is 32.7 Å². The van der Waals surface area contributed by atoms with E-state index in [9.17, 15) is 9.18 Å². The highest BCUT2D eigenvalue weighted by molar-refractivity contribution is 5.83. The van der Waals surface area contributed by atoms with Crippen molar-refractivity contribution < 1.29 is 4.39 Å². The highest BCUT2D eigenvalue weighted by Crippen LogP contribution is 2.23. The predicted molar refractivity (Wildman–Crippen MR) is 109 cm³/mol. The molecule has 1 atom stereocenters.